The monoisotopic (exact) mass is 240 g/mol. The van der Waals surface area contributed by atoms with E-state index in [1.165, 1.54) is 0 Å². The number of halogens is 1. The van der Waals surface area contributed by atoms with Crippen molar-refractivity contribution in [3.05, 3.63) is 28.8 Å². The van der Waals surface area contributed by atoms with E-state index in [0.29, 0.717) is 22.7 Å². The minimum atomic E-state index is -0.783. The molecular weight excluding hydrogens is 228 g/mol. The first-order chi connectivity index (χ1) is 7.48. The number of anilines is 1. The van der Waals surface area contributed by atoms with E-state index in [-0.39, 0.29) is 5.91 Å². The van der Waals surface area contributed by atoms with Gasteiger partial charge in [-0.15, -0.1) is 0 Å². The zero-order valence-electron chi connectivity index (χ0n) is 9.12. The molecule has 1 unspecified atom stereocenters. The molecule has 0 spiro atoms. The van der Waals surface area contributed by atoms with Crippen LogP contribution in [0.4, 0.5) is 5.69 Å². The first-order valence-corrected chi connectivity index (χ1v) is 5.47. The van der Waals surface area contributed by atoms with Crippen LogP contribution in [0.2, 0.25) is 5.02 Å². The fraction of sp³-hybridized carbons (Fsp3) is 0.364. The minimum Gasteiger partial charge on any atom is -0.327 e. The standard InChI is InChI=1S/C11H13ClN2O2/c1-3-11(2)13-10(15)8-5-4-7(12)6-9(8)14(11)16/h4-6,16H,3H2,1-2H3,(H,13,15). The third kappa shape index (κ3) is 1.54. The number of hydroxylamine groups is 1. The number of benzene rings is 1. The fourth-order valence-electron chi connectivity index (χ4n) is 1.74. The van der Waals surface area contributed by atoms with E-state index in [2.05, 4.69) is 5.32 Å². The van der Waals surface area contributed by atoms with Crippen molar-refractivity contribution >= 4 is 23.2 Å². The van der Waals surface area contributed by atoms with Gasteiger partial charge < -0.3 is 5.32 Å². The van der Waals surface area contributed by atoms with Crippen LogP contribution in [0.3, 0.4) is 0 Å². The number of nitrogens with one attached hydrogen (secondary N) is 1. The number of hydrogen-bond acceptors (Lipinski definition) is 3. The van der Waals surface area contributed by atoms with Gasteiger partial charge in [0.25, 0.3) is 5.91 Å². The second kappa shape index (κ2) is 3.64. The second-order valence-electron chi connectivity index (χ2n) is 4.05. The second-order valence-corrected chi connectivity index (χ2v) is 4.49. The van der Waals surface area contributed by atoms with Gasteiger partial charge in [0, 0.05) is 5.02 Å². The van der Waals surface area contributed by atoms with E-state index in [1.54, 1.807) is 25.1 Å². The first kappa shape index (κ1) is 11.2. The van der Waals surface area contributed by atoms with Crippen molar-refractivity contribution < 1.29 is 10.0 Å². The summed E-state index contributed by atoms with van der Waals surface area (Å²) in [5.74, 6) is -0.193. The van der Waals surface area contributed by atoms with Crippen molar-refractivity contribution in [1.82, 2.24) is 5.32 Å². The Morgan fingerprint density at radius 1 is 1.56 bits per heavy atom. The van der Waals surface area contributed by atoms with Crippen LogP contribution in [0.1, 0.15) is 30.6 Å². The minimum absolute atomic E-state index is 0.193. The number of fused-ring (bicyclic) bond motifs is 1. The number of hydrogen-bond donors (Lipinski definition) is 2. The highest BCUT2D eigenvalue weighted by Crippen LogP contribution is 2.33. The van der Waals surface area contributed by atoms with Crippen LogP contribution in [0.15, 0.2) is 18.2 Å². The highest BCUT2D eigenvalue weighted by atomic mass is 35.5. The van der Waals surface area contributed by atoms with Gasteiger partial charge in [0.1, 0.15) is 5.66 Å². The van der Waals surface area contributed by atoms with Gasteiger partial charge in [-0.25, -0.2) is 5.06 Å². The Kier molecular flexibility index (Phi) is 2.56. The van der Waals surface area contributed by atoms with Crippen molar-refractivity contribution in [2.45, 2.75) is 25.9 Å². The fourth-order valence-corrected chi connectivity index (χ4v) is 1.91. The van der Waals surface area contributed by atoms with Crippen LogP contribution in [0, 0.1) is 0 Å². The zero-order valence-corrected chi connectivity index (χ0v) is 9.88. The van der Waals surface area contributed by atoms with Gasteiger partial charge in [0.2, 0.25) is 0 Å². The lowest BCUT2D eigenvalue weighted by Gasteiger charge is -2.42. The molecule has 16 heavy (non-hydrogen) atoms. The van der Waals surface area contributed by atoms with Gasteiger partial charge in [0.05, 0.1) is 11.3 Å². The molecule has 0 aliphatic carbocycles. The quantitative estimate of drug-likeness (QED) is 0.793. The molecule has 0 fully saturated rings. The lowest BCUT2D eigenvalue weighted by atomic mass is 10.0. The smallest absolute Gasteiger partial charge is 0.255 e. The van der Waals surface area contributed by atoms with Crippen LogP contribution >= 0.6 is 11.6 Å². The normalized spacial score (nSPS) is 24.0. The Bertz CT molecular complexity index is 450. The van der Waals surface area contributed by atoms with E-state index in [1.807, 2.05) is 6.92 Å². The van der Waals surface area contributed by atoms with Gasteiger partial charge in [0.15, 0.2) is 0 Å². The largest absolute Gasteiger partial charge is 0.327 e. The maximum atomic E-state index is 11.8. The molecule has 1 heterocycles. The van der Waals surface area contributed by atoms with E-state index in [4.69, 9.17) is 11.6 Å². The molecule has 1 atom stereocenters. The maximum absolute atomic E-state index is 11.8. The summed E-state index contributed by atoms with van der Waals surface area (Å²) in [5, 5.41) is 14.4. The molecule has 4 nitrogen and oxygen atoms in total. The van der Waals surface area contributed by atoms with Crippen molar-refractivity contribution in [2.75, 3.05) is 5.06 Å². The molecule has 5 heteroatoms. The molecule has 1 aliphatic heterocycles. The average Bonchev–Trinajstić information content (AvgIpc) is 2.26. The number of rotatable bonds is 1. The van der Waals surface area contributed by atoms with Crippen molar-refractivity contribution in [1.29, 1.82) is 0 Å². The summed E-state index contributed by atoms with van der Waals surface area (Å²) in [6.45, 7) is 3.65. The van der Waals surface area contributed by atoms with Crippen molar-refractivity contribution in [2.24, 2.45) is 0 Å². The number of amides is 1. The third-order valence-corrected chi connectivity index (χ3v) is 3.21. The predicted molar refractivity (Wildman–Crippen MR) is 61.9 cm³/mol. The number of carbonyl (C=O) groups excluding carboxylic acids is 1. The molecule has 86 valence electrons. The lowest BCUT2D eigenvalue weighted by molar-refractivity contribution is 0.0739. The molecule has 0 aromatic heterocycles. The summed E-state index contributed by atoms with van der Waals surface area (Å²) in [7, 11) is 0. The number of carbonyl (C=O) groups is 1. The van der Waals surface area contributed by atoms with Gasteiger partial charge >= 0.3 is 0 Å². The van der Waals surface area contributed by atoms with Gasteiger partial charge in [-0.05, 0) is 31.5 Å². The summed E-state index contributed by atoms with van der Waals surface area (Å²) in [6, 6.07) is 4.82. The molecule has 0 saturated heterocycles. The van der Waals surface area contributed by atoms with E-state index >= 15 is 0 Å². The van der Waals surface area contributed by atoms with Crippen LogP contribution in [-0.4, -0.2) is 16.8 Å². The Balaban J connectivity index is 2.57. The van der Waals surface area contributed by atoms with Gasteiger partial charge in [-0.1, -0.05) is 18.5 Å². The molecule has 0 saturated carbocycles. The summed E-state index contributed by atoms with van der Waals surface area (Å²) >= 11 is 5.86. The summed E-state index contributed by atoms with van der Waals surface area (Å²) in [5.41, 5.74) is 0.0906. The first-order valence-electron chi connectivity index (χ1n) is 5.09. The molecule has 1 aromatic carbocycles. The van der Waals surface area contributed by atoms with Crippen LogP contribution in [0.5, 0.6) is 0 Å². The number of nitrogens with zero attached hydrogens (tertiary/aromatic N) is 1. The Hall–Kier alpha value is -1.26. The summed E-state index contributed by atoms with van der Waals surface area (Å²) in [4.78, 5) is 11.8. The highest BCUT2D eigenvalue weighted by Gasteiger charge is 2.38. The zero-order chi connectivity index (χ0) is 11.9. The van der Waals surface area contributed by atoms with E-state index in [9.17, 15) is 10.0 Å². The molecule has 0 radical (unpaired) electrons. The molecule has 0 bridgehead atoms. The third-order valence-electron chi connectivity index (χ3n) is 2.97. The summed E-state index contributed by atoms with van der Waals surface area (Å²) < 4.78 is 0. The Morgan fingerprint density at radius 2 is 2.25 bits per heavy atom. The van der Waals surface area contributed by atoms with Crippen LogP contribution < -0.4 is 10.4 Å². The molecular formula is C11H13ClN2O2. The lowest BCUT2D eigenvalue weighted by Crippen LogP contribution is -2.60. The SMILES string of the molecule is CCC1(C)NC(=O)c2ccc(Cl)cc2N1O. The van der Waals surface area contributed by atoms with E-state index < -0.39 is 5.66 Å². The van der Waals surface area contributed by atoms with E-state index in [0.717, 1.165) is 5.06 Å². The Morgan fingerprint density at radius 3 is 2.88 bits per heavy atom. The molecule has 2 rings (SSSR count). The molecule has 1 aromatic rings. The van der Waals surface area contributed by atoms with Crippen LogP contribution in [0.25, 0.3) is 0 Å². The van der Waals surface area contributed by atoms with Gasteiger partial charge in [-0.2, -0.15) is 0 Å². The Labute approximate surface area is 98.8 Å². The highest BCUT2D eigenvalue weighted by molar-refractivity contribution is 6.31. The maximum Gasteiger partial charge on any atom is 0.255 e. The molecule has 1 amide bonds. The predicted octanol–water partition coefficient (Wildman–Crippen LogP) is 2.41. The average molecular weight is 241 g/mol. The van der Waals surface area contributed by atoms with Crippen molar-refractivity contribution in [3.8, 4) is 0 Å². The van der Waals surface area contributed by atoms with Crippen molar-refractivity contribution in [3.63, 3.8) is 0 Å². The topological polar surface area (TPSA) is 52.6 Å². The van der Waals surface area contributed by atoms with Crippen LogP contribution in [-0.2, 0) is 0 Å². The summed E-state index contributed by atoms with van der Waals surface area (Å²) in [6.07, 6.45) is 0.585. The molecule has 1 aliphatic rings. The van der Waals surface area contributed by atoms with Gasteiger partial charge in [-0.3, -0.25) is 10.0 Å². The molecule has 2 N–H and O–H groups in total.